The van der Waals surface area contributed by atoms with Gasteiger partial charge in [0.25, 0.3) is 5.60 Å². The first-order valence-electron chi connectivity index (χ1n) is 3.53. The van der Waals surface area contributed by atoms with Crippen molar-refractivity contribution in [2.24, 2.45) is 0 Å². The van der Waals surface area contributed by atoms with Crippen molar-refractivity contribution in [3.05, 3.63) is 0 Å². The topological polar surface area (TPSA) is 20.2 Å². The highest BCUT2D eigenvalue weighted by molar-refractivity contribution is 7.80. The van der Waals surface area contributed by atoms with Crippen LogP contribution in [0.1, 0.15) is 12.8 Å². The molecule has 0 rings (SSSR count). The Balaban J connectivity index is 4.87. The van der Waals surface area contributed by atoms with Crippen molar-refractivity contribution in [2.45, 2.75) is 30.8 Å². The Morgan fingerprint density at radius 3 is 1.50 bits per heavy atom. The molecule has 0 atom stereocenters. The Hall–Kier alpha value is -0.110. The van der Waals surface area contributed by atoms with E-state index in [1.165, 1.54) is 0 Å². The van der Waals surface area contributed by atoms with E-state index in [4.69, 9.17) is 5.11 Å². The molecule has 0 aromatic carbocycles. The molecule has 0 amide bonds. The summed E-state index contributed by atoms with van der Waals surface area (Å²) in [5.74, 6) is -0.158. The second-order valence-electron chi connectivity index (χ2n) is 2.68. The van der Waals surface area contributed by atoms with Crippen LogP contribution in [0.4, 0.5) is 26.3 Å². The van der Waals surface area contributed by atoms with Gasteiger partial charge < -0.3 is 5.11 Å². The van der Waals surface area contributed by atoms with Gasteiger partial charge in [-0.1, -0.05) is 0 Å². The summed E-state index contributed by atoms with van der Waals surface area (Å²) < 4.78 is 71.6. The molecule has 0 aromatic rings. The second kappa shape index (κ2) is 4.18. The highest BCUT2D eigenvalue weighted by Crippen LogP contribution is 2.45. The lowest BCUT2D eigenvalue weighted by molar-refractivity contribution is -0.369. The van der Waals surface area contributed by atoms with Crippen molar-refractivity contribution >= 4 is 12.6 Å². The number of halogens is 6. The van der Waals surface area contributed by atoms with Crippen molar-refractivity contribution in [2.75, 3.05) is 5.75 Å². The molecule has 0 aliphatic heterocycles. The molecule has 0 bridgehead atoms. The fraction of sp³-hybridized carbons (Fsp3) is 1.00. The SMILES string of the molecule is OC(CCCS)(C(F)(F)F)C(F)(F)F. The maximum Gasteiger partial charge on any atom is 0.426 e. The van der Waals surface area contributed by atoms with Crippen molar-refractivity contribution in [1.82, 2.24) is 0 Å². The van der Waals surface area contributed by atoms with E-state index in [1.807, 2.05) is 0 Å². The molecule has 86 valence electrons. The zero-order valence-electron chi connectivity index (χ0n) is 6.78. The van der Waals surface area contributed by atoms with Gasteiger partial charge in [0.05, 0.1) is 0 Å². The zero-order chi connectivity index (χ0) is 11.6. The summed E-state index contributed by atoms with van der Waals surface area (Å²) in [6.07, 6.45) is -13.3. The van der Waals surface area contributed by atoms with Crippen LogP contribution < -0.4 is 0 Å². The van der Waals surface area contributed by atoms with Crippen LogP contribution in [0.5, 0.6) is 0 Å². The van der Waals surface area contributed by atoms with E-state index in [-0.39, 0.29) is 5.75 Å². The number of aliphatic hydroxyl groups is 1. The monoisotopic (exact) mass is 242 g/mol. The summed E-state index contributed by atoms with van der Waals surface area (Å²) in [4.78, 5) is 0. The van der Waals surface area contributed by atoms with E-state index < -0.39 is 30.8 Å². The quantitative estimate of drug-likeness (QED) is 0.575. The summed E-state index contributed by atoms with van der Waals surface area (Å²) in [7, 11) is 0. The zero-order valence-corrected chi connectivity index (χ0v) is 7.68. The van der Waals surface area contributed by atoms with E-state index in [2.05, 4.69) is 12.6 Å². The average molecular weight is 242 g/mol. The molecule has 1 nitrogen and oxygen atoms in total. The van der Waals surface area contributed by atoms with Crippen LogP contribution in [-0.4, -0.2) is 28.8 Å². The fourth-order valence-electron chi connectivity index (χ4n) is 0.779. The van der Waals surface area contributed by atoms with Gasteiger partial charge in [0, 0.05) is 0 Å². The third kappa shape index (κ3) is 2.69. The minimum atomic E-state index is -5.71. The molecule has 14 heavy (non-hydrogen) atoms. The summed E-state index contributed by atoms with van der Waals surface area (Å²) >= 11 is 3.48. The van der Waals surface area contributed by atoms with Gasteiger partial charge in [0.1, 0.15) is 0 Å². The Morgan fingerprint density at radius 1 is 0.929 bits per heavy atom. The summed E-state index contributed by atoms with van der Waals surface area (Å²) in [6, 6.07) is 0. The molecule has 0 spiro atoms. The molecular weight excluding hydrogens is 234 g/mol. The molecule has 0 radical (unpaired) electrons. The van der Waals surface area contributed by atoms with Crippen LogP contribution in [-0.2, 0) is 0 Å². The number of rotatable bonds is 3. The molecule has 0 saturated carbocycles. The first kappa shape index (κ1) is 13.9. The molecule has 1 N–H and O–H groups in total. The normalized spacial score (nSPS) is 14.6. The largest absolute Gasteiger partial charge is 0.426 e. The van der Waals surface area contributed by atoms with Gasteiger partial charge in [-0.3, -0.25) is 0 Å². The lowest BCUT2D eigenvalue weighted by Crippen LogP contribution is -2.56. The smallest absolute Gasteiger partial charge is 0.374 e. The lowest BCUT2D eigenvalue weighted by atomic mass is 9.97. The van der Waals surface area contributed by atoms with Crippen molar-refractivity contribution in [3.63, 3.8) is 0 Å². The molecule has 0 unspecified atom stereocenters. The minimum absolute atomic E-state index is 0.158. The Morgan fingerprint density at radius 2 is 1.29 bits per heavy atom. The van der Waals surface area contributed by atoms with Crippen molar-refractivity contribution in [3.8, 4) is 0 Å². The number of thiol groups is 1. The van der Waals surface area contributed by atoms with E-state index in [9.17, 15) is 26.3 Å². The second-order valence-corrected chi connectivity index (χ2v) is 3.13. The molecule has 0 fully saturated rings. The van der Waals surface area contributed by atoms with Crippen molar-refractivity contribution < 1.29 is 31.4 Å². The van der Waals surface area contributed by atoms with Crippen molar-refractivity contribution in [1.29, 1.82) is 0 Å². The van der Waals surface area contributed by atoms with Gasteiger partial charge >= 0.3 is 12.4 Å². The summed E-state index contributed by atoms with van der Waals surface area (Å²) in [6.45, 7) is 0. The Bertz CT molecular complexity index is 172. The standard InChI is InChI=1S/C6H8F6OS/c7-5(8,9)4(13,2-1-3-14)6(10,11)12/h13-14H,1-3H2. The molecule has 0 aromatic heterocycles. The van der Waals surface area contributed by atoms with E-state index >= 15 is 0 Å². The number of hydrogen-bond donors (Lipinski definition) is 2. The van der Waals surface area contributed by atoms with Crippen LogP contribution in [0, 0.1) is 0 Å². The maximum atomic E-state index is 11.9. The molecule has 0 aliphatic carbocycles. The fourth-order valence-corrected chi connectivity index (χ4v) is 0.937. The van der Waals surface area contributed by atoms with Crippen LogP contribution >= 0.6 is 12.6 Å². The highest BCUT2D eigenvalue weighted by Gasteiger charge is 2.69. The minimum Gasteiger partial charge on any atom is -0.374 e. The van der Waals surface area contributed by atoms with Crippen LogP contribution in [0.15, 0.2) is 0 Å². The van der Waals surface area contributed by atoms with E-state index in [0.717, 1.165) is 0 Å². The lowest BCUT2D eigenvalue weighted by Gasteiger charge is -2.32. The third-order valence-electron chi connectivity index (χ3n) is 1.63. The van der Waals surface area contributed by atoms with Gasteiger partial charge in [-0.05, 0) is 18.6 Å². The summed E-state index contributed by atoms with van der Waals surface area (Å²) in [5, 5.41) is 8.53. The first-order valence-corrected chi connectivity index (χ1v) is 4.16. The third-order valence-corrected chi connectivity index (χ3v) is 1.95. The van der Waals surface area contributed by atoms with Crippen LogP contribution in [0.3, 0.4) is 0 Å². The van der Waals surface area contributed by atoms with Gasteiger partial charge in [0.15, 0.2) is 0 Å². The average Bonchev–Trinajstić information content (AvgIpc) is 1.95. The highest BCUT2D eigenvalue weighted by atomic mass is 32.1. The predicted octanol–water partition coefficient (Wildman–Crippen LogP) is 2.55. The first-order chi connectivity index (χ1) is 6.06. The molecule has 8 heteroatoms. The van der Waals surface area contributed by atoms with Crippen LogP contribution in [0.2, 0.25) is 0 Å². The Kier molecular flexibility index (Phi) is 4.14. The number of hydrogen-bond acceptors (Lipinski definition) is 2. The number of alkyl halides is 6. The molecule has 0 heterocycles. The molecule has 0 aliphatic rings. The van der Waals surface area contributed by atoms with E-state index in [1.54, 1.807) is 0 Å². The molecule has 0 saturated heterocycles. The van der Waals surface area contributed by atoms with Gasteiger partial charge in [-0.15, -0.1) is 0 Å². The molecular formula is C6H8F6OS. The maximum absolute atomic E-state index is 11.9. The van der Waals surface area contributed by atoms with Gasteiger partial charge in [-0.25, -0.2) is 0 Å². The van der Waals surface area contributed by atoms with Crippen LogP contribution in [0.25, 0.3) is 0 Å². The Labute approximate surface area is 81.5 Å². The predicted molar refractivity (Wildman–Crippen MR) is 40.1 cm³/mol. The summed E-state index contributed by atoms with van der Waals surface area (Å²) in [5.41, 5.74) is -4.62. The van der Waals surface area contributed by atoms with Gasteiger partial charge in [-0.2, -0.15) is 39.0 Å². The van der Waals surface area contributed by atoms with Gasteiger partial charge in [0.2, 0.25) is 0 Å². The van der Waals surface area contributed by atoms with E-state index in [0.29, 0.717) is 0 Å².